The highest BCUT2D eigenvalue weighted by atomic mass is 16.6. The lowest BCUT2D eigenvalue weighted by molar-refractivity contribution is -0.384. The van der Waals surface area contributed by atoms with Gasteiger partial charge in [-0.3, -0.25) is 19.8 Å². The predicted molar refractivity (Wildman–Crippen MR) is 107 cm³/mol. The molecule has 2 aliphatic rings. The number of non-ortho nitro benzene ring substituents is 1. The third-order valence-corrected chi connectivity index (χ3v) is 6.01. The lowest BCUT2D eigenvalue weighted by atomic mass is 9.81. The number of rotatable bonds is 5. The highest BCUT2D eigenvalue weighted by molar-refractivity contribution is 5.94. The first-order chi connectivity index (χ1) is 13.6. The molecule has 6 nitrogen and oxygen atoms in total. The molecule has 1 unspecified atom stereocenters. The van der Waals surface area contributed by atoms with Crippen molar-refractivity contribution in [3.63, 3.8) is 0 Å². The third kappa shape index (κ3) is 4.07. The van der Waals surface area contributed by atoms with Crippen molar-refractivity contribution < 1.29 is 9.72 Å². The first-order valence-electron chi connectivity index (χ1n) is 9.95. The fourth-order valence-corrected chi connectivity index (χ4v) is 4.65. The summed E-state index contributed by atoms with van der Waals surface area (Å²) in [7, 11) is 0. The van der Waals surface area contributed by atoms with Crippen molar-refractivity contribution in [2.45, 2.75) is 56.8 Å². The molecule has 2 fully saturated rings. The zero-order chi connectivity index (χ0) is 19.5. The van der Waals surface area contributed by atoms with E-state index in [2.05, 4.69) is 34.5 Å². The lowest BCUT2D eigenvalue weighted by Crippen LogP contribution is -2.56. The fraction of sp³-hybridized carbons (Fsp3) is 0.409. The second-order valence-electron chi connectivity index (χ2n) is 7.84. The summed E-state index contributed by atoms with van der Waals surface area (Å²) in [5.74, 6) is -0.144. The average molecular weight is 379 g/mol. The van der Waals surface area contributed by atoms with Crippen LogP contribution in [0.3, 0.4) is 0 Å². The maximum atomic E-state index is 12.6. The number of amides is 1. The topological polar surface area (TPSA) is 75.5 Å². The SMILES string of the molecule is O=C(NC1C[C@H]2CCC[C@@H](C1)N2Cc1ccccc1)c1ccc([N+](=O)[O-])cc1. The van der Waals surface area contributed by atoms with Crippen LogP contribution >= 0.6 is 0 Å². The Morgan fingerprint density at radius 2 is 1.68 bits per heavy atom. The first-order valence-corrected chi connectivity index (χ1v) is 9.95. The van der Waals surface area contributed by atoms with Gasteiger partial charge in [0.05, 0.1) is 4.92 Å². The summed E-state index contributed by atoms with van der Waals surface area (Å²) in [5, 5.41) is 13.9. The minimum absolute atomic E-state index is 0.000280. The van der Waals surface area contributed by atoms with E-state index in [9.17, 15) is 14.9 Å². The number of nitrogens with zero attached hydrogens (tertiary/aromatic N) is 2. The second-order valence-corrected chi connectivity index (χ2v) is 7.84. The van der Waals surface area contributed by atoms with Gasteiger partial charge in [0.25, 0.3) is 11.6 Å². The van der Waals surface area contributed by atoms with Gasteiger partial charge in [-0.1, -0.05) is 36.8 Å². The summed E-state index contributed by atoms with van der Waals surface area (Å²) < 4.78 is 0. The van der Waals surface area contributed by atoms with E-state index in [0.717, 1.165) is 19.4 Å². The Balaban J connectivity index is 1.39. The van der Waals surface area contributed by atoms with E-state index in [0.29, 0.717) is 17.6 Å². The number of hydrogen-bond acceptors (Lipinski definition) is 4. The molecule has 2 saturated heterocycles. The van der Waals surface area contributed by atoms with Gasteiger partial charge in [-0.2, -0.15) is 0 Å². The van der Waals surface area contributed by atoms with E-state index >= 15 is 0 Å². The summed E-state index contributed by atoms with van der Waals surface area (Å²) in [6, 6.07) is 17.5. The van der Waals surface area contributed by atoms with Crippen molar-refractivity contribution in [1.82, 2.24) is 10.2 Å². The normalized spacial score (nSPS) is 24.5. The Hall–Kier alpha value is -2.73. The standard InChI is InChI=1S/C22H25N3O3/c26-22(17-9-11-19(12-10-17)25(27)28)23-18-13-20-7-4-8-21(14-18)24(20)15-16-5-2-1-3-6-16/h1-3,5-6,9-12,18,20-21H,4,7-8,13-15H2,(H,23,26)/t18?,20-,21+. The first kappa shape index (κ1) is 18.6. The zero-order valence-electron chi connectivity index (χ0n) is 15.8. The number of benzene rings is 2. The molecule has 146 valence electrons. The smallest absolute Gasteiger partial charge is 0.269 e. The van der Waals surface area contributed by atoms with Crippen molar-refractivity contribution >= 4 is 11.6 Å². The largest absolute Gasteiger partial charge is 0.349 e. The predicted octanol–water partition coefficient (Wildman–Crippen LogP) is 3.91. The highest BCUT2D eigenvalue weighted by Crippen LogP contribution is 2.35. The van der Waals surface area contributed by atoms with Crippen molar-refractivity contribution in [3.8, 4) is 0 Å². The van der Waals surface area contributed by atoms with E-state index in [1.54, 1.807) is 0 Å². The molecule has 28 heavy (non-hydrogen) atoms. The molecule has 0 aromatic heterocycles. The molecule has 2 aromatic rings. The Kier molecular flexibility index (Phi) is 5.39. The molecule has 0 saturated carbocycles. The van der Waals surface area contributed by atoms with Crippen LogP contribution in [0.2, 0.25) is 0 Å². The average Bonchev–Trinajstić information content (AvgIpc) is 2.69. The lowest BCUT2D eigenvalue weighted by Gasteiger charge is -2.49. The van der Waals surface area contributed by atoms with Gasteiger partial charge in [0.15, 0.2) is 0 Å². The van der Waals surface area contributed by atoms with Crippen LogP contribution in [0.5, 0.6) is 0 Å². The molecular weight excluding hydrogens is 354 g/mol. The molecule has 0 radical (unpaired) electrons. The summed E-state index contributed by atoms with van der Waals surface area (Å²) >= 11 is 0. The molecule has 2 heterocycles. The summed E-state index contributed by atoms with van der Waals surface area (Å²) in [4.78, 5) is 25.5. The highest BCUT2D eigenvalue weighted by Gasteiger charge is 2.38. The number of carbonyl (C=O) groups excluding carboxylic acids is 1. The molecule has 2 aliphatic heterocycles. The van der Waals surface area contributed by atoms with Gasteiger partial charge in [0.2, 0.25) is 0 Å². The molecule has 2 bridgehead atoms. The van der Waals surface area contributed by atoms with Gasteiger partial charge in [-0.15, -0.1) is 0 Å². The van der Waals surface area contributed by atoms with Crippen molar-refractivity contribution in [2.24, 2.45) is 0 Å². The van der Waals surface area contributed by atoms with E-state index in [1.165, 1.54) is 49.1 Å². The summed E-state index contributed by atoms with van der Waals surface area (Å²) in [6.45, 7) is 0.971. The van der Waals surface area contributed by atoms with Gasteiger partial charge in [-0.25, -0.2) is 0 Å². The van der Waals surface area contributed by atoms with Gasteiger partial charge in [0.1, 0.15) is 0 Å². The van der Waals surface area contributed by atoms with E-state index in [4.69, 9.17) is 0 Å². The van der Waals surface area contributed by atoms with Crippen LogP contribution in [0.4, 0.5) is 5.69 Å². The Morgan fingerprint density at radius 3 is 2.29 bits per heavy atom. The molecule has 1 N–H and O–H groups in total. The van der Waals surface area contributed by atoms with Crippen LogP contribution < -0.4 is 5.32 Å². The summed E-state index contributed by atoms with van der Waals surface area (Å²) in [5.41, 5.74) is 1.82. The van der Waals surface area contributed by atoms with Gasteiger partial charge >= 0.3 is 0 Å². The Labute approximate surface area is 164 Å². The maximum absolute atomic E-state index is 12.6. The molecule has 4 rings (SSSR count). The van der Waals surface area contributed by atoms with Crippen molar-refractivity contribution in [3.05, 3.63) is 75.8 Å². The number of fused-ring (bicyclic) bond motifs is 2. The Morgan fingerprint density at radius 1 is 1.04 bits per heavy atom. The van der Waals surface area contributed by atoms with Crippen LogP contribution in [-0.4, -0.2) is 33.9 Å². The molecule has 1 amide bonds. The van der Waals surface area contributed by atoms with Crippen LogP contribution in [0, 0.1) is 10.1 Å². The molecule has 6 heteroatoms. The van der Waals surface area contributed by atoms with Crippen LogP contribution in [0.1, 0.15) is 48.0 Å². The third-order valence-electron chi connectivity index (χ3n) is 6.01. The van der Waals surface area contributed by atoms with E-state index in [-0.39, 0.29) is 17.6 Å². The summed E-state index contributed by atoms with van der Waals surface area (Å²) in [6.07, 6.45) is 5.52. The number of carbonyl (C=O) groups is 1. The molecule has 0 aliphatic carbocycles. The van der Waals surface area contributed by atoms with Crippen LogP contribution in [-0.2, 0) is 6.54 Å². The molecular formula is C22H25N3O3. The number of nitro groups is 1. The Bertz CT molecular complexity index is 824. The van der Waals surface area contributed by atoms with Crippen molar-refractivity contribution in [1.29, 1.82) is 0 Å². The quantitative estimate of drug-likeness (QED) is 0.631. The number of hydrogen-bond donors (Lipinski definition) is 1. The number of nitrogens with one attached hydrogen (secondary N) is 1. The van der Waals surface area contributed by atoms with Crippen molar-refractivity contribution in [2.75, 3.05) is 0 Å². The molecule has 0 spiro atoms. The van der Waals surface area contributed by atoms with E-state index < -0.39 is 4.92 Å². The molecule has 2 aromatic carbocycles. The van der Waals surface area contributed by atoms with Crippen LogP contribution in [0.25, 0.3) is 0 Å². The fourth-order valence-electron chi connectivity index (χ4n) is 4.65. The zero-order valence-corrected chi connectivity index (χ0v) is 15.8. The van der Waals surface area contributed by atoms with Crippen LogP contribution in [0.15, 0.2) is 54.6 Å². The minimum atomic E-state index is -0.453. The minimum Gasteiger partial charge on any atom is -0.349 e. The number of piperidine rings is 2. The monoisotopic (exact) mass is 379 g/mol. The van der Waals surface area contributed by atoms with E-state index in [1.807, 2.05) is 6.07 Å². The second kappa shape index (κ2) is 8.10. The van der Waals surface area contributed by atoms with Gasteiger partial charge in [0, 0.05) is 42.4 Å². The number of nitro benzene ring substituents is 1. The maximum Gasteiger partial charge on any atom is 0.269 e. The van der Waals surface area contributed by atoms with Gasteiger partial charge < -0.3 is 5.32 Å². The van der Waals surface area contributed by atoms with Gasteiger partial charge in [-0.05, 0) is 43.4 Å². The molecule has 3 atom stereocenters.